The molecule has 1 atom stereocenters. The van der Waals surface area contributed by atoms with Crippen LogP contribution in [0.5, 0.6) is 0 Å². The zero-order valence-electron chi connectivity index (χ0n) is 24.2. The average Bonchev–Trinajstić information content (AvgIpc) is 3.57. The molecule has 0 bridgehead atoms. The predicted octanol–water partition coefficient (Wildman–Crippen LogP) is 5.22. The van der Waals surface area contributed by atoms with E-state index in [9.17, 15) is 27.9 Å². The first-order chi connectivity index (χ1) is 20.4. The summed E-state index contributed by atoms with van der Waals surface area (Å²) in [6, 6.07) is 4.53. The molecule has 4 heterocycles. The summed E-state index contributed by atoms with van der Waals surface area (Å²) in [5.41, 5.74) is 0.0960. The summed E-state index contributed by atoms with van der Waals surface area (Å²) < 4.78 is 42.0. The number of benzene rings is 1. The molecule has 0 aliphatic carbocycles. The second-order valence-electron chi connectivity index (χ2n) is 11.2. The summed E-state index contributed by atoms with van der Waals surface area (Å²) in [7, 11) is 3.13. The molecule has 43 heavy (non-hydrogen) atoms. The molecule has 5 rings (SSSR count). The number of rotatable bonds is 8. The maximum absolute atomic E-state index is 14.0. The van der Waals surface area contributed by atoms with Crippen LogP contribution in [0.2, 0.25) is 0 Å². The number of hydrogen-bond donors (Lipinski definition) is 2. The van der Waals surface area contributed by atoms with Crippen molar-refractivity contribution in [3.8, 4) is 11.3 Å². The van der Waals surface area contributed by atoms with Gasteiger partial charge in [-0.25, -0.2) is 15.0 Å². The monoisotopic (exact) mass is 617 g/mol. The van der Waals surface area contributed by atoms with Gasteiger partial charge in [0.2, 0.25) is 0 Å². The Labute approximate surface area is 251 Å². The molecule has 230 valence electrons. The minimum atomic E-state index is -4.55. The number of hydrogen-bond acceptors (Lipinski definition) is 9. The Kier molecular flexibility index (Phi) is 8.88. The van der Waals surface area contributed by atoms with Gasteiger partial charge in [-0.15, -0.1) is 0 Å². The summed E-state index contributed by atoms with van der Waals surface area (Å²) in [6.07, 6.45) is 1.38. The minimum absolute atomic E-state index is 0.0583. The molecule has 0 saturated carbocycles. The van der Waals surface area contributed by atoms with Crippen LogP contribution >= 0.6 is 11.3 Å². The third kappa shape index (κ3) is 6.90. The molecule has 3 aromatic rings. The number of piperidine rings is 1. The van der Waals surface area contributed by atoms with Crippen LogP contribution < -0.4 is 15.1 Å². The molecule has 14 heteroatoms. The molecule has 2 aromatic heterocycles. The highest BCUT2D eigenvalue weighted by Crippen LogP contribution is 2.41. The van der Waals surface area contributed by atoms with Gasteiger partial charge in [0.1, 0.15) is 11.5 Å². The van der Waals surface area contributed by atoms with Gasteiger partial charge in [0.15, 0.2) is 5.13 Å². The fraction of sp³-hybridized carbons (Fsp3) is 0.483. The van der Waals surface area contributed by atoms with E-state index < -0.39 is 23.6 Å². The van der Waals surface area contributed by atoms with Crippen LogP contribution in [0.4, 0.5) is 29.8 Å². The van der Waals surface area contributed by atoms with Crippen molar-refractivity contribution >= 4 is 39.9 Å². The van der Waals surface area contributed by atoms with Crippen LogP contribution in [-0.2, 0) is 17.5 Å². The molecule has 1 amide bonds. The Hall–Kier alpha value is -3.78. The summed E-state index contributed by atoms with van der Waals surface area (Å²) >= 11 is 1.24. The SMILES string of the molecule is CC1CCCN1Cc1sc(NC(=O)c2cnc(N3CCC(C(=O)O)CC3)cn2)nc1-c1ccc(N(C)C)c(C(F)(F)F)c1. The molecule has 0 radical (unpaired) electrons. The maximum Gasteiger partial charge on any atom is 0.418 e. The summed E-state index contributed by atoms with van der Waals surface area (Å²) in [5, 5.41) is 12.2. The van der Waals surface area contributed by atoms with Crippen LogP contribution in [-0.4, -0.2) is 76.6 Å². The Morgan fingerprint density at radius 1 is 1.12 bits per heavy atom. The van der Waals surface area contributed by atoms with E-state index in [4.69, 9.17) is 0 Å². The van der Waals surface area contributed by atoms with E-state index in [-0.39, 0.29) is 22.4 Å². The van der Waals surface area contributed by atoms with Gasteiger partial charge in [-0.05, 0) is 51.3 Å². The number of carbonyl (C=O) groups is 2. The number of likely N-dealkylation sites (tertiary alicyclic amines) is 1. The molecule has 2 aliphatic rings. The van der Waals surface area contributed by atoms with Gasteiger partial charge in [0, 0.05) is 55.9 Å². The van der Waals surface area contributed by atoms with E-state index in [1.165, 1.54) is 34.7 Å². The van der Waals surface area contributed by atoms with Gasteiger partial charge in [-0.2, -0.15) is 13.2 Å². The van der Waals surface area contributed by atoms with Gasteiger partial charge < -0.3 is 14.9 Å². The van der Waals surface area contributed by atoms with E-state index in [1.807, 2.05) is 4.90 Å². The van der Waals surface area contributed by atoms with Crippen molar-refractivity contribution in [1.29, 1.82) is 0 Å². The van der Waals surface area contributed by atoms with Gasteiger partial charge in [-0.1, -0.05) is 17.4 Å². The molecule has 0 spiro atoms. The van der Waals surface area contributed by atoms with Crippen molar-refractivity contribution in [2.45, 2.75) is 51.4 Å². The Morgan fingerprint density at radius 2 is 1.86 bits per heavy atom. The molecule has 2 saturated heterocycles. The van der Waals surface area contributed by atoms with E-state index in [0.717, 1.165) is 30.3 Å². The number of halogens is 3. The Bertz CT molecular complexity index is 1470. The van der Waals surface area contributed by atoms with Gasteiger partial charge in [-0.3, -0.25) is 19.8 Å². The molecule has 2 aliphatic heterocycles. The first-order valence-electron chi connectivity index (χ1n) is 14.1. The molecule has 2 N–H and O–H groups in total. The van der Waals surface area contributed by atoms with Crippen LogP contribution in [0.15, 0.2) is 30.6 Å². The van der Waals surface area contributed by atoms with E-state index in [1.54, 1.807) is 20.2 Å². The van der Waals surface area contributed by atoms with Gasteiger partial charge >= 0.3 is 12.1 Å². The van der Waals surface area contributed by atoms with Crippen LogP contribution in [0, 0.1) is 5.92 Å². The lowest BCUT2D eigenvalue weighted by Crippen LogP contribution is -2.36. The Morgan fingerprint density at radius 3 is 2.44 bits per heavy atom. The lowest BCUT2D eigenvalue weighted by atomic mass is 9.97. The second kappa shape index (κ2) is 12.4. The fourth-order valence-electron chi connectivity index (χ4n) is 5.57. The molecular weight excluding hydrogens is 583 g/mol. The number of aliphatic carboxylic acids is 1. The molecule has 1 unspecified atom stereocenters. The standard InChI is InChI=1S/C29H34F3N7O3S/c1-17-5-4-10-39(17)16-23-25(19-6-7-22(37(2)3)20(13-19)29(30,31)32)35-28(43-23)36-26(40)21-14-34-24(15-33-21)38-11-8-18(9-12-38)27(41)42/h6-7,13-15,17-18H,4-5,8-12,16H2,1-3H3,(H,41,42)(H,35,36,40). The van der Waals surface area contributed by atoms with E-state index in [2.05, 4.69) is 32.1 Å². The number of nitrogens with one attached hydrogen (secondary N) is 1. The lowest BCUT2D eigenvalue weighted by molar-refractivity contribution is -0.142. The van der Waals surface area contributed by atoms with Crippen molar-refractivity contribution in [1.82, 2.24) is 19.9 Å². The topological polar surface area (TPSA) is 115 Å². The lowest BCUT2D eigenvalue weighted by Gasteiger charge is -2.30. The first-order valence-corrected chi connectivity index (χ1v) is 15.0. The second-order valence-corrected chi connectivity index (χ2v) is 12.3. The third-order valence-electron chi connectivity index (χ3n) is 8.05. The quantitative estimate of drug-likeness (QED) is 0.351. The molecular formula is C29H34F3N7O3S. The van der Waals surface area contributed by atoms with Crippen molar-refractivity contribution < 1.29 is 27.9 Å². The van der Waals surface area contributed by atoms with E-state index in [0.29, 0.717) is 55.6 Å². The number of carbonyl (C=O) groups excluding carboxylic acids is 1. The van der Waals surface area contributed by atoms with Crippen LogP contribution in [0.1, 0.15) is 53.5 Å². The first kappa shape index (κ1) is 30.7. The number of alkyl halides is 3. The normalized spacial score (nSPS) is 18.2. The van der Waals surface area contributed by atoms with Crippen LogP contribution in [0.3, 0.4) is 0 Å². The van der Waals surface area contributed by atoms with Crippen molar-refractivity contribution in [3.63, 3.8) is 0 Å². The van der Waals surface area contributed by atoms with Crippen LogP contribution in [0.25, 0.3) is 11.3 Å². The highest BCUT2D eigenvalue weighted by atomic mass is 32.1. The number of carboxylic acid groups (broad SMARTS) is 1. The minimum Gasteiger partial charge on any atom is -0.481 e. The molecule has 10 nitrogen and oxygen atoms in total. The van der Waals surface area contributed by atoms with Crippen molar-refractivity contribution in [2.24, 2.45) is 5.92 Å². The molecule has 1 aromatic carbocycles. The summed E-state index contributed by atoms with van der Waals surface area (Å²) in [6.45, 7) is 4.57. The smallest absolute Gasteiger partial charge is 0.418 e. The summed E-state index contributed by atoms with van der Waals surface area (Å²) in [5.74, 6) is -1.15. The zero-order chi connectivity index (χ0) is 30.9. The highest BCUT2D eigenvalue weighted by Gasteiger charge is 2.35. The number of nitrogens with zero attached hydrogens (tertiary/aromatic N) is 6. The van der Waals surface area contributed by atoms with Gasteiger partial charge in [0.05, 0.1) is 29.6 Å². The fourth-order valence-corrected chi connectivity index (χ4v) is 6.57. The highest BCUT2D eigenvalue weighted by molar-refractivity contribution is 7.16. The number of thiazole rings is 1. The number of carboxylic acids is 1. The van der Waals surface area contributed by atoms with E-state index >= 15 is 0 Å². The largest absolute Gasteiger partial charge is 0.481 e. The maximum atomic E-state index is 14.0. The van der Waals surface area contributed by atoms with Gasteiger partial charge in [0.25, 0.3) is 5.91 Å². The number of anilines is 3. The van der Waals surface area contributed by atoms with Crippen molar-refractivity contribution in [3.05, 3.63) is 46.7 Å². The average molecular weight is 618 g/mol. The Balaban J connectivity index is 1.38. The predicted molar refractivity (Wildman–Crippen MR) is 159 cm³/mol. The number of amides is 1. The zero-order valence-corrected chi connectivity index (χ0v) is 25.0. The third-order valence-corrected chi connectivity index (χ3v) is 9.01. The van der Waals surface area contributed by atoms with Crippen molar-refractivity contribution in [2.75, 3.05) is 48.8 Å². The number of aromatic nitrogens is 3. The summed E-state index contributed by atoms with van der Waals surface area (Å²) in [4.78, 5) is 43.9. The molecule has 2 fully saturated rings.